The van der Waals surface area contributed by atoms with Crippen molar-refractivity contribution in [1.29, 1.82) is 0 Å². The zero-order valence-corrected chi connectivity index (χ0v) is 30.3. The van der Waals surface area contributed by atoms with Gasteiger partial charge in [-0.15, -0.1) is 0 Å². The lowest BCUT2D eigenvalue weighted by Crippen LogP contribution is -2.01. The number of allylic oxidation sites excluding steroid dienone is 8. The van der Waals surface area contributed by atoms with Gasteiger partial charge in [0.15, 0.2) is 17.5 Å². The van der Waals surface area contributed by atoms with Crippen LogP contribution in [-0.2, 0) is 0 Å². The van der Waals surface area contributed by atoms with Gasteiger partial charge in [0.2, 0.25) is 0 Å². The van der Waals surface area contributed by atoms with E-state index in [4.69, 9.17) is 19.4 Å². The van der Waals surface area contributed by atoms with Crippen LogP contribution in [0.4, 0.5) is 0 Å². The summed E-state index contributed by atoms with van der Waals surface area (Å²) in [7, 11) is 0. The topological polar surface area (TPSA) is 51.8 Å². The van der Waals surface area contributed by atoms with E-state index in [1.165, 1.54) is 33.4 Å². The van der Waals surface area contributed by atoms with Gasteiger partial charge in [-0.1, -0.05) is 158 Å². The number of furan rings is 1. The molecule has 1 unspecified atom stereocenters. The summed E-state index contributed by atoms with van der Waals surface area (Å²) in [5.41, 5.74) is 13.2. The lowest BCUT2D eigenvalue weighted by Gasteiger charge is -2.22. The normalized spacial score (nSPS) is 15.1. The van der Waals surface area contributed by atoms with E-state index in [1.54, 1.807) is 0 Å². The Bertz CT molecular complexity index is 2780. The van der Waals surface area contributed by atoms with E-state index in [0.29, 0.717) is 17.5 Å². The van der Waals surface area contributed by atoms with Gasteiger partial charge in [0.25, 0.3) is 0 Å². The Balaban J connectivity index is 1.17. The number of hydrogen-bond acceptors (Lipinski definition) is 4. The first kappa shape index (κ1) is 32.7. The zero-order chi connectivity index (χ0) is 36.6. The Morgan fingerprint density at radius 2 is 1.22 bits per heavy atom. The average molecular weight is 708 g/mol. The second-order valence-electron chi connectivity index (χ2n) is 14.2. The first-order valence-electron chi connectivity index (χ1n) is 19.0. The van der Waals surface area contributed by atoms with E-state index >= 15 is 0 Å². The highest BCUT2D eigenvalue weighted by Gasteiger charge is 2.22. The first-order valence-corrected chi connectivity index (χ1v) is 19.0. The molecule has 2 aromatic heterocycles. The molecule has 0 N–H and O–H groups in total. The fourth-order valence-corrected chi connectivity index (χ4v) is 8.08. The summed E-state index contributed by atoms with van der Waals surface area (Å²) in [5.74, 6) is 2.15. The minimum Gasteiger partial charge on any atom is -0.456 e. The van der Waals surface area contributed by atoms with E-state index in [9.17, 15) is 0 Å². The lowest BCUT2D eigenvalue weighted by atomic mass is 9.82. The zero-order valence-electron chi connectivity index (χ0n) is 30.3. The highest BCUT2D eigenvalue weighted by molar-refractivity contribution is 6.13. The highest BCUT2D eigenvalue weighted by atomic mass is 16.3. The van der Waals surface area contributed by atoms with Crippen LogP contribution in [0.1, 0.15) is 36.3 Å². The Morgan fingerprint density at radius 1 is 0.509 bits per heavy atom. The predicted molar refractivity (Wildman–Crippen MR) is 226 cm³/mol. The van der Waals surface area contributed by atoms with Gasteiger partial charge in [-0.05, 0) is 82.5 Å². The lowest BCUT2D eigenvalue weighted by molar-refractivity contribution is 0.669. The van der Waals surface area contributed by atoms with Crippen molar-refractivity contribution >= 4 is 27.5 Å². The quantitative estimate of drug-likeness (QED) is 0.165. The maximum Gasteiger partial charge on any atom is 0.164 e. The number of benzene rings is 6. The minimum atomic E-state index is 0.284. The minimum absolute atomic E-state index is 0.284. The van der Waals surface area contributed by atoms with Crippen LogP contribution in [0.2, 0.25) is 0 Å². The average Bonchev–Trinajstić information content (AvgIpc) is 3.65. The van der Waals surface area contributed by atoms with Crippen LogP contribution in [-0.4, -0.2) is 15.0 Å². The maximum atomic E-state index is 6.55. The summed E-state index contributed by atoms with van der Waals surface area (Å²) in [6, 6.07) is 48.9. The van der Waals surface area contributed by atoms with Crippen LogP contribution in [0.5, 0.6) is 0 Å². The third-order valence-corrected chi connectivity index (χ3v) is 10.8. The number of rotatable bonds is 7. The van der Waals surface area contributed by atoms with Crippen molar-refractivity contribution in [1.82, 2.24) is 15.0 Å². The van der Waals surface area contributed by atoms with E-state index in [1.807, 2.05) is 72.8 Å². The molecule has 4 heteroatoms. The van der Waals surface area contributed by atoms with Gasteiger partial charge in [-0.25, -0.2) is 15.0 Å². The van der Waals surface area contributed by atoms with Gasteiger partial charge < -0.3 is 4.42 Å². The van der Waals surface area contributed by atoms with Gasteiger partial charge in [0.05, 0.1) is 0 Å². The Hall–Kier alpha value is -6.91. The molecule has 0 spiro atoms. The van der Waals surface area contributed by atoms with Crippen molar-refractivity contribution in [2.24, 2.45) is 0 Å². The van der Waals surface area contributed by atoms with Crippen LogP contribution in [0, 0.1) is 0 Å². The van der Waals surface area contributed by atoms with Gasteiger partial charge >= 0.3 is 0 Å². The van der Waals surface area contributed by atoms with Crippen LogP contribution in [0.3, 0.4) is 0 Å². The van der Waals surface area contributed by atoms with Crippen molar-refractivity contribution in [3.63, 3.8) is 0 Å². The molecule has 0 aliphatic heterocycles. The summed E-state index contributed by atoms with van der Waals surface area (Å²) in [6.07, 6.45) is 18.7. The Labute approximate surface area is 320 Å². The third-order valence-electron chi connectivity index (χ3n) is 10.8. The van der Waals surface area contributed by atoms with Crippen molar-refractivity contribution in [2.45, 2.75) is 25.2 Å². The molecule has 0 radical (unpaired) electrons. The molecule has 8 aromatic rings. The van der Waals surface area contributed by atoms with Gasteiger partial charge in [0, 0.05) is 33.4 Å². The van der Waals surface area contributed by atoms with Crippen LogP contribution >= 0.6 is 0 Å². The molecule has 2 aliphatic rings. The monoisotopic (exact) mass is 707 g/mol. The number of fused-ring (bicyclic) bond motifs is 3. The summed E-state index contributed by atoms with van der Waals surface area (Å²) in [6.45, 7) is 0. The van der Waals surface area contributed by atoms with Gasteiger partial charge in [0.1, 0.15) is 11.2 Å². The largest absolute Gasteiger partial charge is 0.456 e. The fourth-order valence-electron chi connectivity index (χ4n) is 8.08. The van der Waals surface area contributed by atoms with Crippen molar-refractivity contribution in [3.8, 4) is 56.4 Å². The molecule has 6 aromatic carbocycles. The summed E-state index contributed by atoms with van der Waals surface area (Å²) >= 11 is 0. The number of nitrogens with zero attached hydrogens (tertiary/aromatic N) is 3. The molecule has 0 saturated heterocycles. The smallest absolute Gasteiger partial charge is 0.164 e. The van der Waals surface area contributed by atoms with E-state index in [2.05, 4.69) is 109 Å². The standard InChI is InChI=1S/C51H37N3O/c1-5-16-34(17-6-1)38-24-13-25-40(32-38)47-41(35-18-7-2-8-19-35)26-14-27-42(47)39-30-31-45-44(33-39)48-43(28-15-29-46(48)55-45)51-53-49(36-20-9-3-10-21-36)52-50(54-51)37-22-11-4-12-23-37/h1-5,7-16,18,20-33,35H,6,17,19H2. The molecular weight excluding hydrogens is 671 g/mol. The summed E-state index contributed by atoms with van der Waals surface area (Å²) in [5, 5.41) is 2.01. The molecule has 0 amide bonds. The van der Waals surface area contributed by atoms with Crippen molar-refractivity contribution in [3.05, 3.63) is 193 Å². The molecular formula is C51H37N3O. The first-order chi connectivity index (χ1) is 27.3. The molecule has 10 rings (SSSR count). The van der Waals surface area contributed by atoms with Crippen LogP contribution in [0.25, 0.3) is 83.9 Å². The molecule has 1 atom stereocenters. The predicted octanol–water partition coefficient (Wildman–Crippen LogP) is 13.4. The fraction of sp³-hybridized carbons (Fsp3) is 0.0784. The summed E-state index contributed by atoms with van der Waals surface area (Å²) < 4.78 is 6.55. The maximum absolute atomic E-state index is 6.55. The highest BCUT2D eigenvalue weighted by Crippen LogP contribution is 2.44. The molecule has 262 valence electrons. The molecule has 55 heavy (non-hydrogen) atoms. The molecule has 4 nitrogen and oxygen atoms in total. The molecule has 0 saturated carbocycles. The Kier molecular flexibility index (Phi) is 8.42. The molecule has 2 heterocycles. The number of hydrogen-bond donors (Lipinski definition) is 0. The molecule has 2 aliphatic carbocycles. The third kappa shape index (κ3) is 6.22. The summed E-state index contributed by atoms with van der Waals surface area (Å²) in [4.78, 5) is 15.1. The van der Waals surface area contributed by atoms with E-state index in [0.717, 1.165) is 63.5 Å². The SMILES string of the molecule is C1=CCCC(c2cccc(-c3c(-c4ccc5oc6cccc(-c7nc(-c8ccccc8)nc(-c8ccccc8)n7)c6c5c4)cccc3C3C=CC=CC3)c2)=C1. The van der Waals surface area contributed by atoms with E-state index < -0.39 is 0 Å². The van der Waals surface area contributed by atoms with E-state index in [-0.39, 0.29) is 5.92 Å². The second kappa shape index (κ2) is 14.1. The molecule has 0 bridgehead atoms. The second-order valence-corrected chi connectivity index (χ2v) is 14.2. The molecule has 0 fully saturated rings. The van der Waals surface area contributed by atoms with Crippen molar-refractivity contribution in [2.75, 3.05) is 0 Å². The van der Waals surface area contributed by atoms with Gasteiger partial charge in [-0.3, -0.25) is 0 Å². The number of aromatic nitrogens is 3. The Morgan fingerprint density at radius 3 is 1.96 bits per heavy atom. The van der Waals surface area contributed by atoms with Gasteiger partial charge in [-0.2, -0.15) is 0 Å². The van der Waals surface area contributed by atoms with Crippen LogP contribution in [0.15, 0.2) is 186 Å². The van der Waals surface area contributed by atoms with Crippen LogP contribution < -0.4 is 0 Å². The van der Waals surface area contributed by atoms with Crippen molar-refractivity contribution < 1.29 is 4.42 Å².